The molecule has 3 aromatic rings. The van der Waals surface area contributed by atoms with E-state index in [1.807, 2.05) is 0 Å². The molecular formula is C22H15Br2F3N2O4. The Morgan fingerprint density at radius 1 is 1.09 bits per heavy atom. The van der Waals surface area contributed by atoms with Gasteiger partial charge in [-0.1, -0.05) is 12.1 Å². The van der Waals surface area contributed by atoms with E-state index in [0.717, 1.165) is 0 Å². The Labute approximate surface area is 203 Å². The number of nitrogens with zero attached hydrogens (tertiary/aromatic N) is 2. The molecule has 0 aliphatic carbocycles. The number of benzene rings is 2. The monoisotopic (exact) mass is 586 g/mol. The van der Waals surface area contributed by atoms with Crippen LogP contribution in [0.25, 0.3) is 11.1 Å². The van der Waals surface area contributed by atoms with Crippen molar-refractivity contribution in [1.82, 2.24) is 4.98 Å². The highest BCUT2D eigenvalue weighted by atomic mass is 79.9. The summed E-state index contributed by atoms with van der Waals surface area (Å²) in [6, 6.07) is 10.4. The molecule has 0 N–H and O–H groups in total. The molecule has 0 saturated heterocycles. The van der Waals surface area contributed by atoms with E-state index in [1.54, 1.807) is 23.1 Å². The Morgan fingerprint density at radius 3 is 2.36 bits per heavy atom. The molecular weight excluding hydrogens is 573 g/mol. The van der Waals surface area contributed by atoms with Gasteiger partial charge in [-0.3, -0.25) is 4.79 Å². The summed E-state index contributed by atoms with van der Waals surface area (Å²) < 4.78 is 53.3. The number of amides is 1. The Bertz CT molecular complexity index is 1180. The van der Waals surface area contributed by atoms with E-state index >= 15 is 0 Å². The molecule has 0 saturated carbocycles. The van der Waals surface area contributed by atoms with Crippen molar-refractivity contribution in [3.63, 3.8) is 0 Å². The molecule has 11 heteroatoms. The first-order valence-corrected chi connectivity index (χ1v) is 11.1. The van der Waals surface area contributed by atoms with Crippen LogP contribution in [0.4, 0.5) is 18.9 Å². The number of hydrogen-bond donors (Lipinski definition) is 0. The number of carbonyl (C=O) groups excluding carboxylic acids is 1. The van der Waals surface area contributed by atoms with Crippen LogP contribution < -0.4 is 19.1 Å². The minimum atomic E-state index is -4.77. The zero-order valence-corrected chi connectivity index (χ0v) is 20.1. The Balaban J connectivity index is 1.66. The van der Waals surface area contributed by atoms with Gasteiger partial charge in [-0.2, -0.15) is 0 Å². The number of pyridine rings is 1. The lowest BCUT2D eigenvalue weighted by Gasteiger charge is -2.29. The number of methoxy groups -OCH3 is 1. The van der Waals surface area contributed by atoms with Gasteiger partial charge in [-0.05, 0) is 67.8 Å². The van der Waals surface area contributed by atoms with Crippen LogP contribution in [0.3, 0.4) is 0 Å². The average molecular weight is 588 g/mol. The number of hydrogen-bond acceptors (Lipinski definition) is 5. The smallest absolute Gasteiger partial charge is 0.494 e. The van der Waals surface area contributed by atoms with Crippen molar-refractivity contribution in [3.8, 4) is 28.5 Å². The Hall–Kier alpha value is -2.79. The number of ether oxygens (including phenoxy) is 3. The number of alkyl halides is 3. The third-order valence-electron chi connectivity index (χ3n) is 4.79. The van der Waals surface area contributed by atoms with Crippen molar-refractivity contribution < 1.29 is 32.2 Å². The molecule has 172 valence electrons. The number of aromatic nitrogens is 1. The van der Waals surface area contributed by atoms with Gasteiger partial charge in [-0.25, -0.2) is 4.98 Å². The second-order valence-electron chi connectivity index (χ2n) is 6.90. The SMILES string of the molecule is COc1c(Br)cc(C(=O)N2CCOc3ncc(-c4ccc(OC(F)(F)F)cc4)cc32)cc1Br. The number of fused-ring (bicyclic) bond motifs is 1. The van der Waals surface area contributed by atoms with Crippen LogP contribution >= 0.6 is 31.9 Å². The van der Waals surface area contributed by atoms with Crippen molar-refractivity contribution in [2.75, 3.05) is 25.2 Å². The van der Waals surface area contributed by atoms with Gasteiger partial charge in [0.05, 0.1) is 22.6 Å². The molecule has 1 aliphatic heterocycles. The molecule has 0 spiro atoms. The van der Waals surface area contributed by atoms with Gasteiger partial charge in [0.15, 0.2) is 0 Å². The third kappa shape index (κ3) is 5.09. The Morgan fingerprint density at radius 2 is 1.76 bits per heavy atom. The highest BCUT2D eigenvalue weighted by molar-refractivity contribution is 9.11. The molecule has 0 bridgehead atoms. The summed E-state index contributed by atoms with van der Waals surface area (Å²) in [6.45, 7) is 0.573. The first-order chi connectivity index (χ1) is 15.7. The van der Waals surface area contributed by atoms with Crippen LogP contribution in [0.15, 0.2) is 57.6 Å². The van der Waals surface area contributed by atoms with Crippen LogP contribution in [0, 0.1) is 0 Å². The molecule has 6 nitrogen and oxygen atoms in total. The van der Waals surface area contributed by atoms with Gasteiger partial charge < -0.3 is 19.1 Å². The summed E-state index contributed by atoms with van der Waals surface area (Å²) in [5.41, 5.74) is 2.09. The van der Waals surface area contributed by atoms with E-state index in [1.165, 1.54) is 37.6 Å². The third-order valence-corrected chi connectivity index (χ3v) is 5.97. The quantitative estimate of drug-likeness (QED) is 0.363. The lowest BCUT2D eigenvalue weighted by Crippen LogP contribution is -2.38. The molecule has 2 heterocycles. The largest absolute Gasteiger partial charge is 0.573 e. The molecule has 1 aromatic heterocycles. The standard InChI is InChI=1S/C22H15Br2F3N2O4/c1-31-19-16(23)8-13(9-17(19)24)21(30)29-6-7-32-20-18(29)10-14(11-28-20)12-2-4-15(5-3-12)33-22(25,26)27/h2-5,8-11H,6-7H2,1H3. The second kappa shape index (κ2) is 9.22. The van der Waals surface area contributed by atoms with Crippen molar-refractivity contribution in [2.45, 2.75) is 6.36 Å². The fourth-order valence-corrected chi connectivity index (χ4v) is 4.86. The Kier molecular flexibility index (Phi) is 6.53. The predicted octanol–water partition coefficient (Wildman–Crippen LogP) is 6.22. The van der Waals surface area contributed by atoms with Crippen LogP contribution in [-0.2, 0) is 0 Å². The fraction of sp³-hybridized carbons (Fsp3) is 0.182. The summed E-state index contributed by atoms with van der Waals surface area (Å²) in [5.74, 6) is 0.266. The number of halogens is 5. The minimum Gasteiger partial charge on any atom is -0.494 e. The van der Waals surface area contributed by atoms with E-state index < -0.39 is 6.36 Å². The van der Waals surface area contributed by atoms with Gasteiger partial charge in [0.2, 0.25) is 5.88 Å². The van der Waals surface area contributed by atoms with Crippen molar-refractivity contribution in [3.05, 3.63) is 63.2 Å². The first kappa shape index (κ1) is 23.4. The molecule has 0 fully saturated rings. The summed E-state index contributed by atoms with van der Waals surface area (Å²) in [7, 11) is 1.53. The number of anilines is 1. The zero-order chi connectivity index (χ0) is 23.8. The van der Waals surface area contributed by atoms with E-state index in [0.29, 0.717) is 49.5 Å². The normalized spacial score (nSPS) is 13.2. The highest BCUT2D eigenvalue weighted by Crippen LogP contribution is 2.38. The van der Waals surface area contributed by atoms with E-state index in [4.69, 9.17) is 9.47 Å². The van der Waals surface area contributed by atoms with Gasteiger partial charge in [0.25, 0.3) is 5.91 Å². The van der Waals surface area contributed by atoms with Crippen LogP contribution in [0.1, 0.15) is 10.4 Å². The van der Waals surface area contributed by atoms with Crippen LogP contribution in [0.5, 0.6) is 17.4 Å². The molecule has 0 radical (unpaired) electrons. The van der Waals surface area contributed by atoms with Crippen molar-refractivity contribution in [2.24, 2.45) is 0 Å². The minimum absolute atomic E-state index is 0.267. The van der Waals surface area contributed by atoms with Crippen molar-refractivity contribution >= 4 is 43.5 Å². The highest BCUT2D eigenvalue weighted by Gasteiger charge is 2.31. The predicted molar refractivity (Wildman–Crippen MR) is 122 cm³/mol. The molecule has 1 aliphatic rings. The van der Waals surface area contributed by atoms with Crippen LogP contribution in [-0.4, -0.2) is 37.5 Å². The van der Waals surface area contributed by atoms with E-state index in [-0.39, 0.29) is 18.3 Å². The maximum Gasteiger partial charge on any atom is 0.573 e. The molecule has 33 heavy (non-hydrogen) atoms. The molecule has 1 amide bonds. The van der Waals surface area contributed by atoms with E-state index in [9.17, 15) is 18.0 Å². The van der Waals surface area contributed by atoms with E-state index in [2.05, 4.69) is 41.6 Å². The number of carbonyl (C=O) groups is 1. The topological polar surface area (TPSA) is 60.9 Å². The van der Waals surface area contributed by atoms with Gasteiger partial charge in [0.1, 0.15) is 23.8 Å². The summed E-state index contributed by atoms with van der Waals surface area (Å²) in [6.07, 6.45) is -3.23. The van der Waals surface area contributed by atoms with Gasteiger partial charge in [0, 0.05) is 17.3 Å². The fourth-order valence-electron chi connectivity index (χ4n) is 3.35. The summed E-state index contributed by atoms with van der Waals surface area (Å²) in [5, 5.41) is 0. The molecule has 0 atom stereocenters. The molecule has 2 aromatic carbocycles. The summed E-state index contributed by atoms with van der Waals surface area (Å²) >= 11 is 6.81. The zero-order valence-electron chi connectivity index (χ0n) is 17.0. The molecule has 4 rings (SSSR count). The lowest BCUT2D eigenvalue weighted by molar-refractivity contribution is -0.274. The lowest BCUT2D eigenvalue weighted by atomic mass is 10.1. The number of rotatable bonds is 4. The summed E-state index contributed by atoms with van der Waals surface area (Å²) in [4.78, 5) is 19.2. The van der Waals surface area contributed by atoms with Gasteiger partial charge in [-0.15, -0.1) is 13.2 Å². The second-order valence-corrected chi connectivity index (χ2v) is 8.61. The maximum atomic E-state index is 13.3. The first-order valence-electron chi connectivity index (χ1n) is 9.50. The average Bonchev–Trinajstić information content (AvgIpc) is 2.77. The van der Waals surface area contributed by atoms with Crippen LogP contribution in [0.2, 0.25) is 0 Å². The van der Waals surface area contributed by atoms with Crippen molar-refractivity contribution in [1.29, 1.82) is 0 Å². The van der Waals surface area contributed by atoms with Gasteiger partial charge >= 0.3 is 6.36 Å². The molecule has 0 unspecified atom stereocenters. The maximum absolute atomic E-state index is 13.3.